The first-order valence-corrected chi connectivity index (χ1v) is 8.36. The minimum absolute atomic E-state index is 0.0730. The molecule has 1 aromatic carbocycles. The summed E-state index contributed by atoms with van der Waals surface area (Å²) in [4.78, 5) is 17.0. The van der Waals surface area contributed by atoms with Crippen molar-refractivity contribution in [1.82, 2.24) is 9.80 Å². The van der Waals surface area contributed by atoms with Gasteiger partial charge in [0.2, 0.25) is 0 Å². The molecule has 122 valence electrons. The maximum atomic E-state index is 12.8. The van der Waals surface area contributed by atoms with Crippen LogP contribution >= 0.6 is 0 Å². The Labute approximate surface area is 137 Å². The maximum Gasteiger partial charge on any atom is 0.255 e. The van der Waals surface area contributed by atoms with E-state index in [1.807, 2.05) is 4.90 Å². The van der Waals surface area contributed by atoms with Crippen LogP contribution in [-0.4, -0.2) is 59.6 Å². The van der Waals surface area contributed by atoms with Crippen LogP contribution < -0.4 is 0 Å². The van der Waals surface area contributed by atoms with Gasteiger partial charge in [-0.3, -0.25) is 9.69 Å². The third-order valence-electron chi connectivity index (χ3n) is 4.82. The molecule has 0 aromatic heterocycles. The molecule has 3 rings (SSSR count). The predicted molar refractivity (Wildman–Crippen MR) is 86.8 cm³/mol. The number of aliphatic hydroxyl groups is 1. The number of aliphatic hydroxyl groups excluding tert-OH is 1. The van der Waals surface area contributed by atoms with Gasteiger partial charge in [0.25, 0.3) is 5.91 Å². The molecule has 0 bridgehead atoms. The monoisotopic (exact) mass is 313 g/mol. The van der Waals surface area contributed by atoms with Crippen LogP contribution in [0.15, 0.2) is 24.3 Å². The fourth-order valence-corrected chi connectivity index (χ4v) is 3.31. The van der Waals surface area contributed by atoms with Crippen molar-refractivity contribution in [1.29, 1.82) is 5.26 Å². The summed E-state index contributed by atoms with van der Waals surface area (Å²) in [6.45, 7) is 3.39. The van der Waals surface area contributed by atoms with Gasteiger partial charge in [0.15, 0.2) is 0 Å². The smallest absolute Gasteiger partial charge is 0.255 e. The lowest BCUT2D eigenvalue weighted by atomic mass is 10.0. The summed E-state index contributed by atoms with van der Waals surface area (Å²) in [6.07, 6.45) is 3.30. The average Bonchev–Trinajstić information content (AvgIpc) is 3.40. The van der Waals surface area contributed by atoms with Crippen LogP contribution in [0, 0.1) is 17.2 Å². The Kier molecular flexibility index (Phi) is 4.94. The highest BCUT2D eigenvalue weighted by atomic mass is 16.3. The molecular weight excluding hydrogens is 290 g/mol. The first-order chi connectivity index (χ1) is 11.2. The summed E-state index contributed by atoms with van der Waals surface area (Å²) in [5.74, 6) is 0.730. The zero-order valence-corrected chi connectivity index (χ0v) is 13.3. The van der Waals surface area contributed by atoms with Crippen molar-refractivity contribution in [3.63, 3.8) is 0 Å². The van der Waals surface area contributed by atoms with Gasteiger partial charge >= 0.3 is 0 Å². The summed E-state index contributed by atoms with van der Waals surface area (Å²) in [7, 11) is 0. The number of benzene rings is 1. The van der Waals surface area contributed by atoms with Crippen LogP contribution in [0.2, 0.25) is 0 Å². The van der Waals surface area contributed by atoms with E-state index in [2.05, 4.69) is 11.0 Å². The number of carbonyl (C=O) groups is 1. The van der Waals surface area contributed by atoms with E-state index >= 15 is 0 Å². The van der Waals surface area contributed by atoms with Crippen molar-refractivity contribution in [2.24, 2.45) is 5.92 Å². The first-order valence-electron chi connectivity index (χ1n) is 8.36. The second kappa shape index (κ2) is 7.12. The van der Waals surface area contributed by atoms with E-state index in [4.69, 9.17) is 0 Å². The quantitative estimate of drug-likeness (QED) is 0.894. The van der Waals surface area contributed by atoms with Crippen molar-refractivity contribution in [3.8, 4) is 6.07 Å². The van der Waals surface area contributed by atoms with Gasteiger partial charge in [-0.1, -0.05) is 12.1 Å². The summed E-state index contributed by atoms with van der Waals surface area (Å²) < 4.78 is 0. The molecule has 1 N–H and O–H groups in total. The van der Waals surface area contributed by atoms with Gasteiger partial charge < -0.3 is 10.0 Å². The number of piperazine rings is 1. The van der Waals surface area contributed by atoms with Gasteiger partial charge in [0.1, 0.15) is 0 Å². The molecule has 0 unspecified atom stereocenters. The highest BCUT2D eigenvalue weighted by Crippen LogP contribution is 2.31. The largest absolute Gasteiger partial charge is 0.396 e. The Hall–Kier alpha value is -1.90. The van der Waals surface area contributed by atoms with Gasteiger partial charge in [0.05, 0.1) is 17.2 Å². The molecule has 1 aliphatic heterocycles. The van der Waals surface area contributed by atoms with E-state index in [9.17, 15) is 15.2 Å². The molecule has 5 heteroatoms. The molecule has 1 atom stereocenters. The highest BCUT2D eigenvalue weighted by molar-refractivity contribution is 5.96. The first kappa shape index (κ1) is 16.0. The van der Waals surface area contributed by atoms with Crippen LogP contribution in [0.3, 0.4) is 0 Å². The van der Waals surface area contributed by atoms with Crippen LogP contribution in [0.25, 0.3) is 0 Å². The minimum atomic E-state index is -0.0730. The van der Waals surface area contributed by atoms with E-state index in [1.54, 1.807) is 24.3 Å². The zero-order valence-electron chi connectivity index (χ0n) is 13.3. The van der Waals surface area contributed by atoms with E-state index in [0.717, 1.165) is 19.0 Å². The maximum absolute atomic E-state index is 12.8. The Morgan fingerprint density at radius 3 is 2.78 bits per heavy atom. The second-order valence-corrected chi connectivity index (χ2v) is 6.51. The fourth-order valence-electron chi connectivity index (χ4n) is 3.31. The van der Waals surface area contributed by atoms with Gasteiger partial charge in [-0.25, -0.2) is 0 Å². The Balaban J connectivity index is 1.70. The van der Waals surface area contributed by atoms with Crippen molar-refractivity contribution in [2.45, 2.75) is 25.3 Å². The standard InChI is InChI=1S/C18H23N3O2/c19-11-15-3-1-2-4-17(15)18(23)21-9-8-20(12-14-5-6-14)16(13-21)7-10-22/h1-4,14,16,22H,5-10,12-13H2/t16-/m0/s1. The topological polar surface area (TPSA) is 67.6 Å². The molecule has 1 saturated heterocycles. The SMILES string of the molecule is N#Cc1ccccc1C(=O)N1CCN(CC2CC2)[C@@H](CCO)C1. The molecular formula is C18H23N3O2. The van der Waals surface area contributed by atoms with Gasteiger partial charge in [0, 0.05) is 38.8 Å². The Morgan fingerprint density at radius 2 is 2.09 bits per heavy atom. The molecule has 1 saturated carbocycles. The average molecular weight is 313 g/mol. The Morgan fingerprint density at radius 1 is 1.30 bits per heavy atom. The third-order valence-corrected chi connectivity index (χ3v) is 4.82. The summed E-state index contributed by atoms with van der Waals surface area (Å²) in [6, 6.07) is 9.29. The summed E-state index contributed by atoms with van der Waals surface area (Å²) in [5.41, 5.74) is 0.907. The molecule has 1 amide bonds. The van der Waals surface area contributed by atoms with Crippen LogP contribution in [0.1, 0.15) is 35.2 Å². The molecule has 0 radical (unpaired) electrons. The molecule has 1 heterocycles. The molecule has 5 nitrogen and oxygen atoms in total. The molecule has 0 spiro atoms. The number of hydrogen-bond acceptors (Lipinski definition) is 4. The fraction of sp³-hybridized carbons (Fsp3) is 0.556. The van der Waals surface area contributed by atoms with Gasteiger partial charge in [-0.2, -0.15) is 5.26 Å². The lowest BCUT2D eigenvalue weighted by Crippen LogP contribution is -2.55. The van der Waals surface area contributed by atoms with E-state index in [1.165, 1.54) is 12.8 Å². The summed E-state index contributed by atoms with van der Waals surface area (Å²) in [5, 5.41) is 18.5. The van der Waals surface area contributed by atoms with Crippen molar-refractivity contribution >= 4 is 5.91 Å². The second-order valence-electron chi connectivity index (χ2n) is 6.51. The molecule has 23 heavy (non-hydrogen) atoms. The van der Waals surface area contributed by atoms with Crippen LogP contribution in [-0.2, 0) is 0 Å². The zero-order chi connectivity index (χ0) is 16.2. The third kappa shape index (κ3) is 3.72. The number of nitriles is 1. The molecule has 1 aromatic rings. The highest BCUT2D eigenvalue weighted by Gasteiger charge is 2.33. The van der Waals surface area contributed by atoms with E-state index in [0.29, 0.717) is 30.6 Å². The lowest BCUT2D eigenvalue weighted by Gasteiger charge is -2.41. The number of amides is 1. The van der Waals surface area contributed by atoms with Crippen molar-refractivity contribution in [2.75, 3.05) is 32.8 Å². The lowest BCUT2D eigenvalue weighted by molar-refractivity contribution is 0.0407. The summed E-state index contributed by atoms with van der Waals surface area (Å²) >= 11 is 0. The van der Waals surface area contributed by atoms with Gasteiger partial charge in [-0.15, -0.1) is 0 Å². The predicted octanol–water partition coefficient (Wildman–Crippen LogP) is 1.48. The normalized spacial score (nSPS) is 21.9. The number of rotatable bonds is 5. The molecule has 2 aliphatic rings. The van der Waals surface area contributed by atoms with Crippen molar-refractivity contribution in [3.05, 3.63) is 35.4 Å². The van der Waals surface area contributed by atoms with E-state index < -0.39 is 0 Å². The minimum Gasteiger partial charge on any atom is -0.396 e. The molecule has 2 fully saturated rings. The number of hydrogen-bond donors (Lipinski definition) is 1. The van der Waals surface area contributed by atoms with Gasteiger partial charge in [-0.05, 0) is 37.3 Å². The van der Waals surface area contributed by atoms with Crippen LogP contribution in [0.4, 0.5) is 0 Å². The Bertz CT molecular complexity index is 607. The van der Waals surface area contributed by atoms with Crippen molar-refractivity contribution < 1.29 is 9.90 Å². The van der Waals surface area contributed by atoms with E-state index in [-0.39, 0.29) is 18.6 Å². The molecule has 1 aliphatic carbocycles. The van der Waals surface area contributed by atoms with Crippen LogP contribution in [0.5, 0.6) is 0 Å². The number of carbonyl (C=O) groups excluding carboxylic acids is 1. The number of nitrogens with zero attached hydrogens (tertiary/aromatic N) is 3.